The van der Waals surface area contributed by atoms with Gasteiger partial charge in [-0.3, -0.25) is 0 Å². The summed E-state index contributed by atoms with van der Waals surface area (Å²) >= 11 is 0. The van der Waals surface area contributed by atoms with Gasteiger partial charge in [-0.1, -0.05) is 30.3 Å². The number of hydrogen-bond donors (Lipinski definition) is 0. The van der Waals surface area contributed by atoms with E-state index in [0.717, 1.165) is 10.9 Å². The molecule has 0 fully saturated rings. The number of hydrogen-bond acceptors (Lipinski definition) is 5. The topological polar surface area (TPSA) is 69.2 Å². The van der Waals surface area contributed by atoms with Crippen LogP contribution in [0.3, 0.4) is 0 Å². The molecule has 0 unspecified atom stereocenters. The molecule has 3 aromatic rings. The highest BCUT2D eigenvalue weighted by atomic mass is 32.2. The number of fused-ring (bicyclic) bond motifs is 1. The van der Waals surface area contributed by atoms with E-state index in [-0.39, 0.29) is 10.9 Å². The second-order valence-corrected chi connectivity index (χ2v) is 6.46. The summed E-state index contributed by atoms with van der Waals surface area (Å²) in [5.74, 6) is 0. The molecular formula is C16H14N2O3S. The fraction of sp³-hybridized carbons (Fsp3) is 0.125. The van der Waals surface area contributed by atoms with Gasteiger partial charge in [0.25, 0.3) is 0 Å². The molecule has 0 N–H and O–H groups in total. The van der Waals surface area contributed by atoms with E-state index in [1.54, 1.807) is 19.1 Å². The van der Waals surface area contributed by atoms with Gasteiger partial charge in [0.05, 0.1) is 5.52 Å². The van der Waals surface area contributed by atoms with E-state index < -0.39 is 10.1 Å². The van der Waals surface area contributed by atoms with Crippen molar-refractivity contribution in [2.45, 2.75) is 18.7 Å². The minimum absolute atomic E-state index is 0.129. The van der Waals surface area contributed by atoms with E-state index in [1.165, 1.54) is 12.3 Å². The normalized spacial score (nSPS) is 11.5. The van der Waals surface area contributed by atoms with E-state index >= 15 is 0 Å². The molecule has 1 aromatic heterocycles. The van der Waals surface area contributed by atoms with Crippen LogP contribution in [0.4, 0.5) is 0 Å². The molecule has 22 heavy (non-hydrogen) atoms. The lowest BCUT2D eigenvalue weighted by Gasteiger charge is -2.09. The van der Waals surface area contributed by atoms with Crippen LogP contribution in [0.25, 0.3) is 10.9 Å². The zero-order valence-corrected chi connectivity index (χ0v) is 13.0. The molecule has 0 saturated carbocycles. The molecule has 5 nitrogen and oxygen atoms in total. The summed E-state index contributed by atoms with van der Waals surface area (Å²) in [6.45, 7) is 3.59. The highest BCUT2D eigenvalue weighted by Crippen LogP contribution is 2.22. The quantitative estimate of drug-likeness (QED) is 0.695. The predicted octanol–water partition coefficient (Wildman–Crippen LogP) is 3.01. The van der Waals surface area contributed by atoms with Gasteiger partial charge in [0.1, 0.15) is 4.90 Å². The molecule has 0 bridgehead atoms. The Morgan fingerprint density at radius 2 is 1.77 bits per heavy atom. The van der Waals surface area contributed by atoms with Crippen molar-refractivity contribution in [2.75, 3.05) is 0 Å². The van der Waals surface area contributed by atoms with Crippen molar-refractivity contribution in [1.82, 2.24) is 9.97 Å². The molecule has 0 atom stereocenters. The fourth-order valence-corrected chi connectivity index (χ4v) is 3.28. The minimum atomic E-state index is -3.96. The highest BCUT2D eigenvalue weighted by molar-refractivity contribution is 7.87. The summed E-state index contributed by atoms with van der Waals surface area (Å²) in [5, 5.41) is 0.819. The SMILES string of the molecule is Cc1cccc(S(=O)(=O)Oc2ncc3ccccc3n2)c1C. The molecule has 0 spiro atoms. The first-order valence-corrected chi connectivity index (χ1v) is 8.11. The fourth-order valence-electron chi connectivity index (χ4n) is 2.13. The molecule has 0 aliphatic carbocycles. The molecule has 2 aromatic carbocycles. The Kier molecular flexibility index (Phi) is 3.54. The Labute approximate surface area is 128 Å². The lowest BCUT2D eigenvalue weighted by Crippen LogP contribution is -2.13. The zero-order valence-electron chi connectivity index (χ0n) is 12.1. The van der Waals surface area contributed by atoms with Crippen LogP contribution in [0.15, 0.2) is 53.6 Å². The largest absolute Gasteiger partial charge is 0.342 e. The summed E-state index contributed by atoms with van der Waals surface area (Å²) in [6.07, 6.45) is 1.54. The summed E-state index contributed by atoms with van der Waals surface area (Å²) < 4.78 is 29.9. The molecule has 6 heteroatoms. The standard InChI is InChI=1S/C16H14N2O3S/c1-11-6-5-9-15(12(11)2)22(19,20)21-16-17-10-13-7-3-4-8-14(13)18-16/h3-10H,1-2H3. The second-order valence-electron chi connectivity index (χ2n) is 4.95. The van der Waals surface area contributed by atoms with Crippen molar-refractivity contribution in [3.05, 3.63) is 59.8 Å². The molecule has 0 aliphatic rings. The molecule has 0 saturated heterocycles. The van der Waals surface area contributed by atoms with Crippen molar-refractivity contribution in [2.24, 2.45) is 0 Å². The summed E-state index contributed by atoms with van der Waals surface area (Å²) in [7, 11) is -3.96. The molecule has 0 aliphatic heterocycles. The Bertz CT molecular complexity index is 953. The van der Waals surface area contributed by atoms with Crippen LogP contribution in [0.1, 0.15) is 11.1 Å². The minimum Gasteiger partial charge on any atom is -0.339 e. The molecule has 0 radical (unpaired) electrons. The van der Waals surface area contributed by atoms with Crippen LogP contribution in [0.2, 0.25) is 0 Å². The summed E-state index contributed by atoms with van der Waals surface area (Å²) in [5.41, 5.74) is 2.16. The van der Waals surface area contributed by atoms with Gasteiger partial charge in [0.2, 0.25) is 0 Å². The average Bonchev–Trinajstić information content (AvgIpc) is 2.49. The van der Waals surface area contributed by atoms with E-state index in [0.29, 0.717) is 11.1 Å². The third-order valence-corrected chi connectivity index (χ3v) is 4.82. The smallest absolute Gasteiger partial charge is 0.339 e. The first kappa shape index (κ1) is 14.5. The molecule has 112 valence electrons. The lowest BCUT2D eigenvalue weighted by molar-refractivity contribution is 0.465. The number of aryl methyl sites for hydroxylation is 1. The highest BCUT2D eigenvalue weighted by Gasteiger charge is 2.21. The van der Waals surface area contributed by atoms with Crippen LogP contribution >= 0.6 is 0 Å². The maximum Gasteiger partial charge on any atom is 0.342 e. The average molecular weight is 314 g/mol. The zero-order chi connectivity index (χ0) is 15.7. The van der Waals surface area contributed by atoms with Gasteiger partial charge in [0, 0.05) is 11.6 Å². The van der Waals surface area contributed by atoms with Crippen LogP contribution in [-0.4, -0.2) is 18.4 Å². The lowest BCUT2D eigenvalue weighted by atomic mass is 10.1. The number of para-hydroxylation sites is 1. The van der Waals surface area contributed by atoms with Crippen LogP contribution in [0, 0.1) is 13.8 Å². The predicted molar refractivity (Wildman–Crippen MR) is 83.3 cm³/mol. The third kappa shape index (κ3) is 2.65. The third-order valence-electron chi connectivity index (χ3n) is 3.48. The molecular weight excluding hydrogens is 300 g/mol. The number of aromatic nitrogens is 2. The maximum absolute atomic E-state index is 12.4. The monoisotopic (exact) mass is 314 g/mol. The molecule has 3 rings (SSSR count). The van der Waals surface area contributed by atoms with E-state index in [9.17, 15) is 8.42 Å². The van der Waals surface area contributed by atoms with Crippen LogP contribution in [0.5, 0.6) is 6.01 Å². The van der Waals surface area contributed by atoms with Crippen LogP contribution < -0.4 is 4.18 Å². The number of rotatable bonds is 3. The first-order chi connectivity index (χ1) is 10.5. The van der Waals surface area contributed by atoms with Gasteiger partial charge < -0.3 is 4.18 Å². The Morgan fingerprint density at radius 1 is 1.00 bits per heavy atom. The second kappa shape index (κ2) is 5.38. The van der Waals surface area contributed by atoms with Gasteiger partial charge >= 0.3 is 16.1 Å². The molecule has 0 amide bonds. The maximum atomic E-state index is 12.4. The number of nitrogens with zero attached hydrogens (tertiary/aromatic N) is 2. The van der Waals surface area contributed by atoms with Crippen molar-refractivity contribution >= 4 is 21.0 Å². The van der Waals surface area contributed by atoms with E-state index in [1.807, 2.05) is 31.2 Å². The number of benzene rings is 2. The Hall–Kier alpha value is -2.47. The van der Waals surface area contributed by atoms with E-state index in [2.05, 4.69) is 9.97 Å². The van der Waals surface area contributed by atoms with Gasteiger partial charge in [0.15, 0.2) is 0 Å². The Balaban J connectivity index is 2.01. The van der Waals surface area contributed by atoms with E-state index in [4.69, 9.17) is 4.18 Å². The van der Waals surface area contributed by atoms with Crippen molar-refractivity contribution in [1.29, 1.82) is 0 Å². The summed E-state index contributed by atoms with van der Waals surface area (Å²) in [6, 6.07) is 12.2. The first-order valence-electron chi connectivity index (χ1n) is 6.70. The van der Waals surface area contributed by atoms with Gasteiger partial charge in [-0.2, -0.15) is 13.4 Å². The van der Waals surface area contributed by atoms with Crippen molar-refractivity contribution < 1.29 is 12.6 Å². The van der Waals surface area contributed by atoms with Crippen molar-refractivity contribution in [3.8, 4) is 6.01 Å². The van der Waals surface area contributed by atoms with Gasteiger partial charge in [-0.25, -0.2) is 4.98 Å². The molecule has 1 heterocycles. The van der Waals surface area contributed by atoms with Crippen molar-refractivity contribution in [3.63, 3.8) is 0 Å². The van der Waals surface area contributed by atoms with Gasteiger partial charge in [-0.15, -0.1) is 0 Å². The summed E-state index contributed by atoms with van der Waals surface area (Å²) in [4.78, 5) is 8.21. The van der Waals surface area contributed by atoms with Gasteiger partial charge in [-0.05, 0) is 37.1 Å². The van der Waals surface area contributed by atoms with Crippen LogP contribution in [-0.2, 0) is 10.1 Å². The Morgan fingerprint density at radius 3 is 2.59 bits per heavy atom.